The molecule has 0 aromatic heterocycles. The minimum Gasteiger partial charge on any atom is -0.355 e. The van der Waals surface area contributed by atoms with Crippen molar-refractivity contribution in [2.24, 2.45) is 0 Å². The number of likely N-dealkylation sites (tertiary alicyclic amines) is 1. The molecule has 1 unspecified atom stereocenters. The van der Waals surface area contributed by atoms with Crippen LogP contribution in [-0.4, -0.2) is 30.4 Å². The van der Waals surface area contributed by atoms with Gasteiger partial charge in [0.15, 0.2) is 0 Å². The molecular weight excluding hydrogens is 200 g/mol. The summed E-state index contributed by atoms with van der Waals surface area (Å²) in [7, 11) is 0. The minimum atomic E-state index is 0.329. The van der Waals surface area contributed by atoms with Gasteiger partial charge in [-0.1, -0.05) is 30.3 Å². The topological polar surface area (TPSA) is 32.3 Å². The summed E-state index contributed by atoms with van der Waals surface area (Å²) in [6.07, 6.45) is 3.08. The SMILES string of the molecule is O=CNC1CCCN(Cc2ccccc2)C1. The van der Waals surface area contributed by atoms with Crippen molar-refractivity contribution >= 4 is 6.41 Å². The molecule has 86 valence electrons. The van der Waals surface area contributed by atoms with Crippen molar-refractivity contribution in [1.29, 1.82) is 0 Å². The summed E-state index contributed by atoms with van der Waals surface area (Å²) in [6, 6.07) is 10.8. The quantitative estimate of drug-likeness (QED) is 0.775. The lowest BCUT2D eigenvalue weighted by molar-refractivity contribution is -0.110. The van der Waals surface area contributed by atoms with Crippen LogP contribution in [0.5, 0.6) is 0 Å². The number of carbonyl (C=O) groups is 1. The number of nitrogens with zero attached hydrogens (tertiary/aromatic N) is 1. The standard InChI is InChI=1S/C13H18N2O/c16-11-14-13-7-4-8-15(10-13)9-12-5-2-1-3-6-12/h1-3,5-6,11,13H,4,7-10H2,(H,14,16). The van der Waals surface area contributed by atoms with Crippen molar-refractivity contribution in [2.75, 3.05) is 13.1 Å². The van der Waals surface area contributed by atoms with E-state index in [2.05, 4.69) is 34.5 Å². The molecule has 1 saturated heterocycles. The zero-order valence-electron chi connectivity index (χ0n) is 9.43. The Morgan fingerprint density at radius 3 is 2.94 bits per heavy atom. The third-order valence-electron chi connectivity index (χ3n) is 3.06. The zero-order valence-corrected chi connectivity index (χ0v) is 9.43. The third kappa shape index (κ3) is 3.07. The van der Waals surface area contributed by atoms with Crippen LogP contribution in [0.4, 0.5) is 0 Å². The van der Waals surface area contributed by atoms with Crippen LogP contribution in [0.1, 0.15) is 18.4 Å². The number of hydrogen-bond donors (Lipinski definition) is 1. The Morgan fingerprint density at radius 1 is 1.38 bits per heavy atom. The van der Waals surface area contributed by atoms with E-state index >= 15 is 0 Å². The third-order valence-corrected chi connectivity index (χ3v) is 3.06. The number of piperidine rings is 1. The Kier molecular flexibility index (Phi) is 3.94. The highest BCUT2D eigenvalue weighted by Gasteiger charge is 2.18. The van der Waals surface area contributed by atoms with Gasteiger partial charge in [0.1, 0.15) is 0 Å². The van der Waals surface area contributed by atoms with Gasteiger partial charge in [-0.3, -0.25) is 9.69 Å². The zero-order chi connectivity index (χ0) is 11.2. The van der Waals surface area contributed by atoms with E-state index in [0.717, 1.165) is 32.5 Å². The first-order valence-electron chi connectivity index (χ1n) is 5.84. The van der Waals surface area contributed by atoms with Gasteiger partial charge >= 0.3 is 0 Å². The van der Waals surface area contributed by atoms with Gasteiger partial charge in [0.2, 0.25) is 6.41 Å². The molecule has 1 atom stereocenters. The lowest BCUT2D eigenvalue weighted by atomic mass is 10.1. The van der Waals surface area contributed by atoms with Gasteiger partial charge < -0.3 is 5.32 Å². The summed E-state index contributed by atoms with van der Waals surface area (Å²) in [5.41, 5.74) is 1.34. The van der Waals surface area contributed by atoms with Crippen LogP contribution in [0.3, 0.4) is 0 Å². The number of carbonyl (C=O) groups excluding carboxylic acids is 1. The average molecular weight is 218 g/mol. The molecule has 0 radical (unpaired) electrons. The van der Waals surface area contributed by atoms with Crippen LogP contribution in [0.25, 0.3) is 0 Å². The van der Waals surface area contributed by atoms with Gasteiger partial charge in [0, 0.05) is 19.1 Å². The Bertz CT molecular complexity index is 326. The molecule has 1 amide bonds. The summed E-state index contributed by atoms with van der Waals surface area (Å²) < 4.78 is 0. The number of benzene rings is 1. The molecule has 0 spiro atoms. The summed E-state index contributed by atoms with van der Waals surface area (Å²) in [5.74, 6) is 0. The van der Waals surface area contributed by atoms with Gasteiger partial charge in [-0.15, -0.1) is 0 Å². The molecule has 2 rings (SSSR count). The number of rotatable bonds is 4. The Hall–Kier alpha value is -1.35. The second-order valence-electron chi connectivity index (χ2n) is 4.34. The maximum atomic E-state index is 10.4. The summed E-state index contributed by atoms with van der Waals surface area (Å²) >= 11 is 0. The highest BCUT2D eigenvalue weighted by atomic mass is 16.1. The van der Waals surface area contributed by atoms with E-state index < -0.39 is 0 Å². The van der Waals surface area contributed by atoms with Gasteiger partial charge in [-0.2, -0.15) is 0 Å². The van der Waals surface area contributed by atoms with Crippen molar-refractivity contribution in [3.63, 3.8) is 0 Å². The second-order valence-corrected chi connectivity index (χ2v) is 4.34. The number of hydrogen-bond acceptors (Lipinski definition) is 2. The van der Waals surface area contributed by atoms with Crippen molar-refractivity contribution in [3.05, 3.63) is 35.9 Å². The van der Waals surface area contributed by atoms with Crippen LogP contribution in [0, 0.1) is 0 Å². The van der Waals surface area contributed by atoms with Crippen LogP contribution >= 0.6 is 0 Å². The molecule has 3 nitrogen and oxygen atoms in total. The van der Waals surface area contributed by atoms with E-state index in [1.165, 1.54) is 12.0 Å². The fourth-order valence-electron chi connectivity index (χ4n) is 2.27. The molecule has 1 fully saturated rings. The monoisotopic (exact) mass is 218 g/mol. The summed E-state index contributed by atoms with van der Waals surface area (Å²) in [5, 5.41) is 2.88. The van der Waals surface area contributed by atoms with E-state index in [-0.39, 0.29) is 0 Å². The molecule has 3 heteroatoms. The molecule has 1 aliphatic heterocycles. The Balaban J connectivity index is 1.88. The molecule has 16 heavy (non-hydrogen) atoms. The molecule has 1 N–H and O–H groups in total. The molecule has 1 heterocycles. The van der Waals surface area contributed by atoms with Crippen LogP contribution < -0.4 is 5.32 Å². The Morgan fingerprint density at radius 2 is 2.19 bits per heavy atom. The first-order chi connectivity index (χ1) is 7.88. The van der Waals surface area contributed by atoms with Crippen molar-refractivity contribution in [3.8, 4) is 0 Å². The van der Waals surface area contributed by atoms with E-state index in [1.54, 1.807) is 0 Å². The summed E-state index contributed by atoms with van der Waals surface area (Å²) in [6.45, 7) is 3.08. The lowest BCUT2D eigenvalue weighted by Crippen LogP contribution is -2.44. The first kappa shape index (κ1) is 11.1. The highest BCUT2D eigenvalue weighted by molar-refractivity contribution is 5.46. The first-order valence-corrected chi connectivity index (χ1v) is 5.84. The summed E-state index contributed by atoms with van der Waals surface area (Å²) in [4.78, 5) is 12.8. The van der Waals surface area contributed by atoms with Crippen molar-refractivity contribution < 1.29 is 4.79 Å². The van der Waals surface area contributed by atoms with Crippen LogP contribution in [0.15, 0.2) is 30.3 Å². The lowest BCUT2D eigenvalue weighted by Gasteiger charge is -2.32. The van der Waals surface area contributed by atoms with Gasteiger partial charge in [-0.25, -0.2) is 0 Å². The maximum absolute atomic E-state index is 10.4. The van der Waals surface area contributed by atoms with Gasteiger partial charge in [0.25, 0.3) is 0 Å². The van der Waals surface area contributed by atoms with E-state index in [4.69, 9.17) is 0 Å². The smallest absolute Gasteiger partial charge is 0.207 e. The van der Waals surface area contributed by atoms with Crippen LogP contribution in [-0.2, 0) is 11.3 Å². The van der Waals surface area contributed by atoms with Crippen molar-refractivity contribution in [2.45, 2.75) is 25.4 Å². The molecular formula is C13H18N2O. The van der Waals surface area contributed by atoms with Gasteiger partial charge in [0.05, 0.1) is 0 Å². The predicted octanol–water partition coefficient (Wildman–Crippen LogP) is 1.40. The molecule has 1 aromatic carbocycles. The van der Waals surface area contributed by atoms with E-state index in [1.807, 2.05) is 6.07 Å². The molecule has 1 aromatic rings. The van der Waals surface area contributed by atoms with Crippen molar-refractivity contribution in [1.82, 2.24) is 10.2 Å². The minimum absolute atomic E-state index is 0.329. The highest BCUT2D eigenvalue weighted by Crippen LogP contribution is 2.13. The molecule has 0 saturated carbocycles. The molecule has 0 aliphatic carbocycles. The normalized spacial score (nSPS) is 21.6. The van der Waals surface area contributed by atoms with E-state index in [9.17, 15) is 4.79 Å². The van der Waals surface area contributed by atoms with E-state index in [0.29, 0.717) is 6.04 Å². The fourth-order valence-corrected chi connectivity index (χ4v) is 2.27. The fraction of sp³-hybridized carbons (Fsp3) is 0.462. The predicted molar refractivity (Wildman–Crippen MR) is 63.9 cm³/mol. The average Bonchev–Trinajstić information content (AvgIpc) is 2.31. The largest absolute Gasteiger partial charge is 0.355 e. The van der Waals surface area contributed by atoms with Gasteiger partial charge in [-0.05, 0) is 24.9 Å². The Labute approximate surface area is 96.5 Å². The maximum Gasteiger partial charge on any atom is 0.207 e. The molecule has 1 aliphatic rings. The number of nitrogens with one attached hydrogen (secondary N) is 1. The second kappa shape index (κ2) is 5.66. The number of amides is 1. The molecule has 0 bridgehead atoms. The van der Waals surface area contributed by atoms with Crippen LogP contribution in [0.2, 0.25) is 0 Å².